The Morgan fingerprint density at radius 3 is 2.30 bits per heavy atom. The molecule has 0 saturated carbocycles. The Bertz CT molecular complexity index is 517. The highest BCUT2D eigenvalue weighted by Crippen LogP contribution is 2.24. The van der Waals surface area contributed by atoms with Crippen molar-refractivity contribution >= 4 is 15.5 Å². The zero-order chi connectivity index (χ0) is 14.6. The highest BCUT2D eigenvalue weighted by atomic mass is 32.2. The Morgan fingerprint density at radius 1 is 1.20 bits per heavy atom. The van der Waals surface area contributed by atoms with Crippen molar-refractivity contribution in [1.29, 1.82) is 0 Å². The summed E-state index contributed by atoms with van der Waals surface area (Å²) in [6.07, 6.45) is 3.63. The van der Waals surface area contributed by atoms with E-state index >= 15 is 0 Å². The maximum Gasteiger partial charge on any atom is 0.175 e. The number of rotatable bonds is 5. The molecule has 1 aliphatic heterocycles. The Hall–Kier alpha value is -1.07. The summed E-state index contributed by atoms with van der Waals surface area (Å²) in [6, 6.07) is 7.24. The fraction of sp³-hybridized carbons (Fsp3) is 0.600. The van der Waals surface area contributed by atoms with E-state index in [0.717, 1.165) is 37.8 Å². The number of hydrogen-bond donors (Lipinski definition) is 1. The van der Waals surface area contributed by atoms with Crippen molar-refractivity contribution in [3.05, 3.63) is 24.3 Å². The Kier molecular flexibility index (Phi) is 5.05. The lowest BCUT2D eigenvalue weighted by molar-refractivity contribution is 0.386. The summed E-state index contributed by atoms with van der Waals surface area (Å²) in [4.78, 5) is 2.73. The summed E-state index contributed by atoms with van der Waals surface area (Å²) in [5.74, 6) is 0.765. The Morgan fingerprint density at radius 2 is 1.80 bits per heavy atom. The molecule has 0 unspecified atom stereocenters. The van der Waals surface area contributed by atoms with Crippen LogP contribution in [-0.2, 0) is 9.84 Å². The van der Waals surface area contributed by atoms with Gasteiger partial charge in [-0.1, -0.05) is 6.92 Å². The van der Waals surface area contributed by atoms with Crippen LogP contribution in [0.15, 0.2) is 29.2 Å². The van der Waals surface area contributed by atoms with Crippen molar-refractivity contribution in [3.8, 4) is 0 Å². The fourth-order valence-corrected chi connectivity index (χ4v) is 3.28. The molecule has 1 N–H and O–H groups in total. The second kappa shape index (κ2) is 6.59. The number of nitrogens with zero attached hydrogens (tertiary/aromatic N) is 1. The smallest absolute Gasteiger partial charge is 0.175 e. The van der Waals surface area contributed by atoms with Gasteiger partial charge in [-0.05, 0) is 56.1 Å². The third-order valence-corrected chi connectivity index (χ3v) is 5.06. The van der Waals surface area contributed by atoms with Crippen LogP contribution in [0.3, 0.4) is 0 Å². The van der Waals surface area contributed by atoms with Gasteiger partial charge in [-0.2, -0.15) is 0 Å². The normalized spacial score (nSPS) is 17.4. The van der Waals surface area contributed by atoms with E-state index in [4.69, 9.17) is 0 Å². The zero-order valence-corrected chi connectivity index (χ0v) is 13.1. The Balaban J connectivity index is 1.94. The van der Waals surface area contributed by atoms with Crippen LogP contribution in [0.25, 0.3) is 0 Å². The molecule has 0 atom stereocenters. The van der Waals surface area contributed by atoms with Crippen molar-refractivity contribution in [3.63, 3.8) is 0 Å². The topological polar surface area (TPSA) is 49.4 Å². The highest BCUT2D eigenvalue weighted by Gasteiger charge is 2.19. The van der Waals surface area contributed by atoms with Crippen LogP contribution in [0.5, 0.6) is 0 Å². The number of benzene rings is 1. The summed E-state index contributed by atoms with van der Waals surface area (Å²) >= 11 is 0. The standard InChI is InChI=1S/C15H24N2O2S/c1-3-16-12-13-8-10-17(11-9-13)14-4-6-15(7-5-14)20(2,18)19/h4-7,13,16H,3,8-12H2,1-2H3. The molecule has 1 aromatic carbocycles. The summed E-state index contributed by atoms with van der Waals surface area (Å²) in [5.41, 5.74) is 1.12. The SMILES string of the molecule is CCNCC1CCN(c2ccc(S(C)(=O)=O)cc2)CC1. The van der Waals surface area contributed by atoms with Crippen LogP contribution in [0.1, 0.15) is 19.8 Å². The van der Waals surface area contributed by atoms with Gasteiger partial charge >= 0.3 is 0 Å². The van der Waals surface area contributed by atoms with E-state index in [2.05, 4.69) is 17.1 Å². The lowest BCUT2D eigenvalue weighted by Gasteiger charge is -2.33. The molecule has 0 bridgehead atoms. The molecule has 1 fully saturated rings. The van der Waals surface area contributed by atoms with E-state index in [1.54, 1.807) is 12.1 Å². The van der Waals surface area contributed by atoms with Gasteiger partial charge in [0.2, 0.25) is 0 Å². The van der Waals surface area contributed by atoms with E-state index in [1.807, 2.05) is 12.1 Å². The van der Waals surface area contributed by atoms with Crippen molar-refractivity contribution in [2.45, 2.75) is 24.7 Å². The molecule has 0 spiro atoms. The van der Waals surface area contributed by atoms with Gasteiger partial charge in [0.25, 0.3) is 0 Å². The number of sulfone groups is 1. The second-order valence-electron chi connectivity index (χ2n) is 5.50. The molecular weight excluding hydrogens is 272 g/mol. The first kappa shape index (κ1) is 15.3. The third kappa shape index (κ3) is 3.96. The first-order valence-corrected chi connectivity index (χ1v) is 9.15. The summed E-state index contributed by atoms with van der Waals surface area (Å²) in [6.45, 7) is 6.38. The zero-order valence-electron chi connectivity index (χ0n) is 12.3. The fourth-order valence-electron chi connectivity index (χ4n) is 2.65. The van der Waals surface area contributed by atoms with Crippen molar-refractivity contribution in [1.82, 2.24) is 5.32 Å². The Labute approximate surface area is 122 Å². The minimum atomic E-state index is -3.10. The predicted octanol–water partition coefficient (Wildman–Crippen LogP) is 1.92. The lowest BCUT2D eigenvalue weighted by Crippen LogP contribution is -2.37. The maximum absolute atomic E-state index is 11.4. The molecule has 0 aliphatic carbocycles. The molecular formula is C15H24N2O2S. The molecule has 112 valence electrons. The molecule has 0 aromatic heterocycles. The van der Waals surface area contributed by atoms with Gasteiger partial charge in [0.05, 0.1) is 4.90 Å². The number of hydrogen-bond acceptors (Lipinski definition) is 4. The summed E-state index contributed by atoms with van der Waals surface area (Å²) in [7, 11) is -3.10. The van der Waals surface area contributed by atoms with Gasteiger partial charge in [0.1, 0.15) is 0 Å². The average molecular weight is 296 g/mol. The van der Waals surface area contributed by atoms with E-state index in [9.17, 15) is 8.42 Å². The minimum absolute atomic E-state index is 0.392. The third-order valence-electron chi connectivity index (χ3n) is 3.93. The van der Waals surface area contributed by atoms with Crippen molar-refractivity contribution < 1.29 is 8.42 Å². The van der Waals surface area contributed by atoms with Gasteiger partial charge in [-0.15, -0.1) is 0 Å². The average Bonchev–Trinajstić information content (AvgIpc) is 2.45. The molecule has 1 saturated heterocycles. The van der Waals surface area contributed by atoms with Gasteiger partial charge in [-0.25, -0.2) is 8.42 Å². The van der Waals surface area contributed by atoms with E-state index in [-0.39, 0.29) is 0 Å². The first-order chi connectivity index (χ1) is 9.50. The quantitative estimate of drug-likeness (QED) is 0.902. The molecule has 0 radical (unpaired) electrons. The van der Waals surface area contributed by atoms with Crippen LogP contribution in [0.2, 0.25) is 0 Å². The highest BCUT2D eigenvalue weighted by molar-refractivity contribution is 7.90. The van der Waals surface area contributed by atoms with Crippen LogP contribution in [0, 0.1) is 5.92 Å². The van der Waals surface area contributed by atoms with Crippen molar-refractivity contribution in [2.24, 2.45) is 5.92 Å². The molecule has 1 aromatic rings. The van der Waals surface area contributed by atoms with Crippen LogP contribution in [0.4, 0.5) is 5.69 Å². The van der Waals surface area contributed by atoms with Gasteiger partial charge in [0, 0.05) is 25.0 Å². The van der Waals surface area contributed by atoms with Crippen molar-refractivity contribution in [2.75, 3.05) is 37.3 Å². The number of nitrogens with one attached hydrogen (secondary N) is 1. The minimum Gasteiger partial charge on any atom is -0.372 e. The molecule has 0 amide bonds. The second-order valence-corrected chi connectivity index (χ2v) is 7.52. The molecule has 1 aliphatic rings. The van der Waals surface area contributed by atoms with E-state index in [0.29, 0.717) is 4.90 Å². The molecule has 2 rings (SSSR count). The largest absolute Gasteiger partial charge is 0.372 e. The van der Waals surface area contributed by atoms with Crippen LogP contribution < -0.4 is 10.2 Å². The molecule has 20 heavy (non-hydrogen) atoms. The van der Waals surface area contributed by atoms with Gasteiger partial charge in [0.15, 0.2) is 9.84 Å². The molecule has 4 nitrogen and oxygen atoms in total. The van der Waals surface area contributed by atoms with Gasteiger partial charge in [-0.3, -0.25) is 0 Å². The summed E-state index contributed by atoms with van der Waals surface area (Å²) in [5, 5.41) is 3.41. The number of piperidine rings is 1. The van der Waals surface area contributed by atoms with Crippen LogP contribution >= 0.6 is 0 Å². The van der Waals surface area contributed by atoms with E-state index < -0.39 is 9.84 Å². The van der Waals surface area contributed by atoms with Gasteiger partial charge < -0.3 is 10.2 Å². The van der Waals surface area contributed by atoms with E-state index in [1.165, 1.54) is 19.1 Å². The first-order valence-electron chi connectivity index (χ1n) is 7.26. The maximum atomic E-state index is 11.4. The summed E-state index contributed by atoms with van der Waals surface area (Å²) < 4.78 is 22.9. The molecule has 5 heteroatoms. The lowest BCUT2D eigenvalue weighted by atomic mass is 9.96. The monoisotopic (exact) mass is 296 g/mol. The predicted molar refractivity (Wildman–Crippen MR) is 83.0 cm³/mol. The van der Waals surface area contributed by atoms with Crippen LogP contribution in [-0.4, -0.2) is 40.9 Å². The molecule has 1 heterocycles. The number of anilines is 1.